The fourth-order valence-electron chi connectivity index (χ4n) is 6.51. The highest BCUT2D eigenvalue weighted by Crippen LogP contribution is 2.30. The normalized spacial score (nSPS) is 16.1. The number of methoxy groups -OCH3 is 1. The number of fused-ring (bicyclic) bond motifs is 2. The van der Waals surface area contributed by atoms with Crippen LogP contribution in [0.5, 0.6) is 0 Å². The third-order valence-electron chi connectivity index (χ3n) is 8.69. The molecule has 1 fully saturated rings. The number of piperidine rings is 1. The highest BCUT2D eigenvalue weighted by Gasteiger charge is 2.29. The number of ether oxygens (including phenoxy) is 1. The molecule has 1 amide bonds. The number of carbonyl (C=O) groups excluding carboxylic acids is 1. The Morgan fingerprint density at radius 2 is 1.81 bits per heavy atom. The lowest BCUT2D eigenvalue weighted by molar-refractivity contribution is -0.133. The van der Waals surface area contributed by atoms with Crippen LogP contribution in [0, 0.1) is 5.92 Å². The Balaban J connectivity index is 1.09. The summed E-state index contributed by atoms with van der Waals surface area (Å²) >= 11 is 0. The molecule has 222 valence electrons. The molecular formula is C36H40N4O3. The van der Waals surface area contributed by atoms with Gasteiger partial charge < -0.3 is 14.2 Å². The summed E-state index contributed by atoms with van der Waals surface area (Å²) in [6.07, 6.45) is 6.12. The molecule has 2 atom stereocenters. The monoisotopic (exact) mass is 576 g/mol. The van der Waals surface area contributed by atoms with Gasteiger partial charge in [0.2, 0.25) is 5.91 Å². The zero-order chi connectivity index (χ0) is 29.8. The van der Waals surface area contributed by atoms with E-state index in [-0.39, 0.29) is 23.3 Å². The molecule has 0 saturated carbocycles. The highest BCUT2D eigenvalue weighted by atomic mass is 16.5. The maximum atomic E-state index is 13.5. The minimum Gasteiger partial charge on any atom is -0.385 e. The first-order valence-electron chi connectivity index (χ1n) is 15.4. The average Bonchev–Trinajstić information content (AvgIpc) is 3.40. The Kier molecular flexibility index (Phi) is 8.70. The lowest BCUT2D eigenvalue weighted by Gasteiger charge is -2.33. The van der Waals surface area contributed by atoms with E-state index in [9.17, 15) is 9.59 Å². The van der Waals surface area contributed by atoms with Gasteiger partial charge in [0.25, 0.3) is 5.56 Å². The summed E-state index contributed by atoms with van der Waals surface area (Å²) in [5, 5.41) is 1.66. The van der Waals surface area contributed by atoms with Crippen LogP contribution in [0.3, 0.4) is 0 Å². The molecule has 1 aliphatic heterocycles. The first kappa shape index (κ1) is 28.9. The molecule has 0 aliphatic carbocycles. The number of nitrogens with zero attached hydrogens (tertiary/aromatic N) is 4. The lowest BCUT2D eigenvalue weighted by Crippen LogP contribution is -2.40. The highest BCUT2D eigenvalue weighted by molar-refractivity contribution is 5.81. The summed E-state index contributed by atoms with van der Waals surface area (Å²) in [5.41, 5.74) is 4.16. The zero-order valence-electron chi connectivity index (χ0n) is 25.1. The van der Waals surface area contributed by atoms with Crippen molar-refractivity contribution in [1.29, 1.82) is 0 Å². The minimum atomic E-state index is -0.0183. The van der Waals surface area contributed by atoms with Crippen LogP contribution >= 0.6 is 0 Å². The van der Waals surface area contributed by atoms with Gasteiger partial charge in [0.05, 0.1) is 11.0 Å². The number of hydrogen-bond donors (Lipinski definition) is 0. The van der Waals surface area contributed by atoms with E-state index in [0.29, 0.717) is 25.0 Å². The molecule has 0 N–H and O–H groups in total. The number of carbonyl (C=O) groups is 1. The minimum absolute atomic E-state index is 0.0183. The van der Waals surface area contributed by atoms with E-state index in [1.807, 2.05) is 54.7 Å². The van der Waals surface area contributed by atoms with Gasteiger partial charge in [-0.3, -0.25) is 14.2 Å². The third kappa shape index (κ3) is 6.27. The van der Waals surface area contributed by atoms with Crippen molar-refractivity contribution in [1.82, 2.24) is 19.0 Å². The third-order valence-corrected chi connectivity index (χ3v) is 8.69. The SMILES string of the molecule is COCCCn1c([C@@H]2CCCN(C(=O)C[C@H](C)Cc3ccc(-n4ccc5ccccc5c4=O)cc3)C2)nc2ccccc21. The van der Waals surface area contributed by atoms with Gasteiger partial charge in [0, 0.05) is 63.0 Å². The van der Waals surface area contributed by atoms with Crippen molar-refractivity contribution in [2.45, 2.75) is 51.5 Å². The van der Waals surface area contributed by atoms with Gasteiger partial charge in [-0.2, -0.15) is 0 Å². The van der Waals surface area contributed by atoms with Gasteiger partial charge in [-0.05, 0) is 78.9 Å². The predicted molar refractivity (Wildman–Crippen MR) is 172 cm³/mol. The molecule has 5 aromatic rings. The van der Waals surface area contributed by atoms with Crippen LogP contribution in [0.4, 0.5) is 0 Å². The van der Waals surface area contributed by atoms with Gasteiger partial charge in [-0.15, -0.1) is 0 Å². The van der Waals surface area contributed by atoms with E-state index < -0.39 is 0 Å². The van der Waals surface area contributed by atoms with E-state index in [2.05, 4.69) is 46.7 Å². The number of pyridine rings is 1. The summed E-state index contributed by atoms with van der Waals surface area (Å²) < 4.78 is 9.34. The number of aromatic nitrogens is 3. The quantitative estimate of drug-likeness (QED) is 0.182. The predicted octanol–water partition coefficient (Wildman–Crippen LogP) is 6.35. The summed E-state index contributed by atoms with van der Waals surface area (Å²) in [7, 11) is 1.74. The number of aryl methyl sites for hydroxylation is 1. The molecule has 0 bridgehead atoms. The molecule has 7 nitrogen and oxygen atoms in total. The number of para-hydroxylation sites is 2. The van der Waals surface area contributed by atoms with Crippen LogP contribution in [-0.2, 0) is 22.5 Å². The molecule has 0 radical (unpaired) electrons. The average molecular weight is 577 g/mol. The second-order valence-electron chi connectivity index (χ2n) is 11.9. The van der Waals surface area contributed by atoms with Gasteiger partial charge in [0.1, 0.15) is 5.82 Å². The summed E-state index contributed by atoms with van der Waals surface area (Å²) in [6, 6.07) is 26.1. The topological polar surface area (TPSA) is 69.4 Å². The second-order valence-corrected chi connectivity index (χ2v) is 11.9. The first-order valence-corrected chi connectivity index (χ1v) is 15.4. The van der Waals surface area contributed by atoms with Gasteiger partial charge in [0.15, 0.2) is 0 Å². The van der Waals surface area contributed by atoms with Crippen molar-refractivity contribution < 1.29 is 9.53 Å². The van der Waals surface area contributed by atoms with Crippen molar-refractivity contribution in [3.8, 4) is 5.69 Å². The van der Waals surface area contributed by atoms with Crippen molar-refractivity contribution in [3.63, 3.8) is 0 Å². The Morgan fingerprint density at radius 3 is 2.65 bits per heavy atom. The number of imidazole rings is 1. The molecule has 0 spiro atoms. The van der Waals surface area contributed by atoms with Gasteiger partial charge in [-0.1, -0.05) is 49.4 Å². The van der Waals surface area contributed by atoms with Crippen LogP contribution in [0.25, 0.3) is 27.5 Å². The molecule has 2 aromatic heterocycles. The van der Waals surface area contributed by atoms with Crippen molar-refractivity contribution in [2.75, 3.05) is 26.8 Å². The summed E-state index contributed by atoms with van der Waals surface area (Å²) in [5.74, 6) is 1.75. The molecular weight excluding hydrogens is 536 g/mol. The molecule has 1 aliphatic rings. The smallest absolute Gasteiger partial charge is 0.262 e. The van der Waals surface area contributed by atoms with E-state index in [1.54, 1.807) is 11.7 Å². The zero-order valence-corrected chi connectivity index (χ0v) is 25.1. The van der Waals surface area contributed by atoms with E-state index >= 15 is 0 Å². The standard InChI is InChI=1S/C36H40N4O3/c1-26(23-27-14-16-30(17-15-27)39-21-18-28-9-3-4-11-31(28)36(39)42)24-34(41)38-19-7-10-29(25-38)35-37-32-12-5-6-13-33(32)40(35)20-8-22-43-2/h3-6,9,11-18,21,26,29H,7-8,10,19-20,22-25H2,1-2H3/t26-,29-/m1/s1. The molecule has 0 unspecified atom stereocenters. The molecule has 7 heteroatoms. The van der Waals surface area contributed by atoms with Crippen LogP contribution in [0.1, 0.15) is 49.9 Å². The fourth-order valence-corrected chi connectivity index (χ4v) is 6.51. The van der Waals surface area contributed by atoms with Crippen molar-refractivity contribution in [3.05, 3.63) is 107 Å². The molecule has 1 saturated heterocycles. The Labute approximate surface area is 252 Å². The molecule has 43 heavy (non-hydrogen) atoms. The number of benzene rings is 3. The first-order chi connectivity index (χ1) is 21.0. The van der Waals surface area contributed by atoms with Gasteiger partial charge >= 0.3 is 0 Å². The maximum Gasteiger partial charge on any atom is 0.262 e. The fraction of sp³-hybridized carbons (Fsp3) is 0.361. The number of rotatable bonds is 10. The lowest BCUT2D eigenvalue weighted by atomic mass is 9.94. The second kappa shape index (κ2) is 13.0. The molecule has 3 aromatic carbocycles. The Bertz CT molecular complexity index is 1770. The van der Waals surface area contributed by atoms with E-state index in [4.69, 9.17) is 9.72 Å². The largest absolute Gasteiger partial charge is 0.385 e. The van der Waals surface area contributed by atoms with Crippen LogP contribution in [0.2, 0.25) is 0 Å². The number of likely N-dealkylation sites (tertiary alicyclic amines) is 1. The Hall–Kier alpha value is -4.23. The van der Waals surface area contributed by atoms with E-state index in [1.165, 1.54) is 5.56 Å². The summed E-state index contributed by atoms with van der Waals surface area (Å²) in [4.78, 5) is 33.6. The number of hydrogen-bond acceptors (Lipinski definition) is 4. The molecule has 6 rings (SSSR count). The van der Waals surface area contributed by atoms with Crippen molar-refractivity contribution in [2.24, 2.45) is 5.92 Å². The van der Waals surface area contributed by atoms with Crippen molar-refractivity contribution >= 4 is 27.7 Å². The van der Waals surface area contributed by atoms with E-state index in [0.717, 1.165) is 66.7 Å². The van der Waals surface area contributed by atoms with Crippen LogP contribution in [0.15, 0.2) is 89.9 Å². The molecule has 3 heterocycles. The summed E-state index contributed by atoms with van der Waals surface area (Å²) in [6.45, 7) is 5.25. The Morgan fingerprint density at radius 1 is 1.02 bits per heavy atom. The van der Waals surface area contributed by atoms with Gasteiger partial charge in [-0.25, -0.2) is 4.98 Å². The van der Waals surface area contributed by atoms with Crippen LogP contribution in [-0.4, -0.2) is 51.7 Å². The number of amides is 1. The maximum absolute atomic E-state index is 13.5. The van der Waals surface area contributed by atoms with Crippen LogP contribution < -0.4 is 5.56 Å².